The third-order valence-electron chi connectivity index (χ3n) is 9.95. The lowest BCUT2D eigenvalue weighted by atomic mass is 10.0. The van der Waals surface area contributed by atoms with Crippen LogP contribution in [0.15, 0.2) is 170 Å². The van der Waals surface area contributed by atoms with Gasteiger partial charge in [0.1, 0.15) is 34.3 Å². The molecule has 7 aromatic carbocycles. The Labute approximate surface area is 295 Å². The van der Waals surface area contributed by atoms with Crippen molar-refractivity contribution in [2.24, 2.45) is 9.98 Å². The summed E-state index contributed by atoms with van der Waals surface area (Å²) < 4.78 is 15.3. The van der Waals surface area contributed by atoms with E-state index in [9.17, 15) is 0 Å². The summed E-state index contributed by atoms with van der Waals surface area (Å²) >= 11 is 1.84. The fraction of sp³-hybridized carbons (Fsp3) is 0.0222. The minimum Gasteiger partial charge on any atom is -0.456 e. The van der Waals surface area contributed by atoms with Crippen molar-refractivity contribution in [2.75, 3.05) is 0 Å². The highest BCUT2D eigenvalue weighted by Gasteiger charge is 2.23. The molecule has 5 nitrogen and oxygen atoms in total. The minimum atomic E-state index is -0.309. The molecular formula is C45H27N3O2S. The van der Waals surface area contributed by atoms with Gasteiger partial charge < -0.3 is 14.2 Å². The van der Waals surface area contributed by atoms with Gasteiger partial charge in [0.05, 0.1) is 0 Å². The second-order valence-corrected chi connectivity index (χ2v) is 14.0. The van der Waals surface area contributed by atoms with Gasteiger partial charge in [0, 0.05) is 52.8 Å². The first-order valence-corrected chi connectivity index (χ1v) is 17.8. The van der Waals surface area contributed by atoms with Crippen molar-refractivity contribution in [3.63, 3.8) is 0 Å². The molecule has 0 radical (unpaired) electrons. The average molecular weight is 674 g/mol. The lowest BCUT2D eigenvalue weighted by Gasteiger charge is -2.23. The molecule has 0 spiro atoms. The molecule has 240 valence electrons. The van der Waals surface area contributed by atoms with Crippen LogP contribution in [-0.4, -0.2) is 11.7 Å². The third-order valence-corrected chi connectivity index (χ3v) is 11.2. The van der Waals surface area contributed by atoms with Crippen LogP contribution in [0.1, 0.15) is 22.9 Å². The Bertz CT molecular complexity index is 3070. The van der Waals surface area contributed by atoms with E-state index in [1.807, 2.05) is 59.9 Å². The van der Waals surface area contributed by atoms with Crippen LogP contribution >= 0.6 is 11.3 Å². The number of furan rings is 2. The molecule has 1 unspecified atom stereocenters. The van der Waals surface area contributed by atoms with Gasteiger partial charge in [-0.05, 0) is 71.3 Å². The SMILES string of the molecule is c1ccc(C2N=C(c3ccc4c(c3)oc3ccccc34)N=C(c3ccc4oc5cc(-c6cccc7c6sc6ccccc67)ccc5c4c3)N2)cc1. The highest BCUT2D eigenvalue weighted by Crippen LogP contribution is 2.41. The summed E-state index contributed by atoms with van der Waals surface area (Å²) in [6.07, 6.45) is -0.309. The molecule has 0 bridgehead atoms. The van der Waals surface area contributed by atoms with Crippen molar-refractivity contribution in [2.45, 2.75) is 6.17 Å². The maximum atomic E-state index is 6.48. The Morgan fingerprint density at radius 1 is 0.490 bits per heavy atom. The summed E-state index contributed by atoms with van der Waals surface area (Å²) in [5, 5.41) is 10.5. The van der Waals surface area contributed by atoms with Crippen molar-refractivity contribution in [3.05, 3.63) is 168 Å². The van der Waals surface area contributed by atoms with Gasteiger partial charge >= 0.3 is 0 Å². The molecule has 1 aliphatic heterocycles. The summed E-state index contributed by atoms with van der Waals surface area (Å²) in [5.74, 6) is 1.40. The molecule has 0 saturated carbocycles. The van der Waals surface area contributed by atoms with Crippen LogP contribution in [0.2, 0.25) is 0 Å². The fourth-order valence-corrected chi connectivity index (χ4v) is 8.70. The van der Waals surface area contributed by atoms with E-state index in [1.165, 1.54) is 25.7 Å². The van der Waals surface area contributed by atoms with E-state index in [0.717, 1.165) is 72.0 Å². The molecular weight excluding hydrogens is 647 g/mol. The van der Waals surface area contributed by atoms with Crippen molar-refractivity contribution >= 4 is 87.1 Å². The zero-order valence-electron chi connectivity index (χ0n) is 27.1. The van der Waals surface area contributed by atoms with E-state index >= 15 is 0 Å². The van der Waals surface area contributed by atoms with E-state index < -0.39 is 0 Å². The molecule has 51 heavy (non-hydrogen) atoms. The maximum absolute atomic E-state index is 6.48. The average Bonchev–Trinajstić information content (AvgIpc) is 3.88. The van der Waals surface area contributed by atoms with Gasteiger partial charge in [0.2, 0.25) is 0 Å². The molecule has 6 heteroatoms. The van der Waals surface area contributed by atoms with Crippen molar-refractivity contribution in [1.82, 2.24) is 5.32 Å². The summed E-state index contributed by atoms with van der Waals surface area (Å²) in [4.78, 5) is 10.2. The highest BCUT2D eigenvalue weighted by atomic mass is 32.1. The maximum Gasteiger partial charge on any atom is 0.159 e. The molecule has 4 heterocycles. The first-order valence-electron chi connectivity index (χ1n) is 17.0. The number of fused-ring (bicyclic) bond motifs is 9. The number of nitrogens with zero attached hydrogens (tertiary/aromatic N) is 2. The number of thiophene rings is 1. The third kappa shape index (κ3) is 4.54. The largest absolute Gasteiger partial charge is 0.456 e. The molecule has 10 aromatic rings. The van der Waals surface area contributed by atoms with Crippen LogP contribution in [0.3, 0.4) is 0 Å². The first-order chi connectivity index (χ1) is 25.2. The van der Waals surface area contributed by atoms with Crippen molar-refractivity contribution in [3.8, 4) is 11.1 Å². The van der Waals surface area contributed by atoms with E-state index in [2.05, 4.69) is 108 Å². The van der Waals surface area contributed by atoms with E-state index in [4.69, 9.17) is 18.8 Å². The Kier molecular flexibility index (Phi) is 6.12. The van der Waals surface area contributed by atoms with Crippen LogP contribution in [0, 0.1) is 0 Å². The first kappa shape index (κ1) is 28.3. The van der Waals surface area contributed by atoms with Crippen LogP contribution in [0.5, 0.6) is 0 Å². The van der Waals surface area contributed by atoms with Crippen LogP contribution < -0.4 is 5.32 Å². The van der Waals surface area contributed by atoms with Gasteiger partial charge in [-0.3, -0.25) is 0 Å². The summed E-state index contributed by atoms with van der Waals surface area (Å²) in [6, 6.07) is 52.7. The molecule has 11 rings (SSSR count). The lowest BCUT2D eigenvalue weighted by Crippen LogP contribution is -2.33. The molecule has 0 amide bonds. The second-order valence-electron chi connectivity index (χ2n) is 13.0. The number of amidine groups is 2. The standard InChI is InChI=1S/C45H27N3O2S/c1-2-9-26(10-3-1)43-46-44(48-45(47-43)29-18-21-32-31-11-4-6-15-37(31)49-40(32)25-29)28-19-22-38-36(23-28)33-20-17-27(24-39(33)50-38)30-13-8-14-35-34-12-5-7-16-41(34)51-42(30)35/h1-25,43H,(H,46,47,48). The van der Waals surface area contributed by atoms with Crippen LogP contribution in [0.4, 0.5) is 0 Å². The van der Waals surface area contributed by atoms with E-state index in [-0.39, 0.29) is 6.17 Å². The molecule has 0 saturated heterocycles. The monoisotopic (exact) mass is 673 g/mol. The predicted molar refractivity (Wildman–Crippen MR) is 211 cm³/mol. The molecule has 3 aromatic heterocycles. The second kappa shape index (κ2) is 11.0. The van der Waals surface area contributed by atoms with Gasteiger partial charge in [0.25, 0.3) is 0 Å². The van der Waals surface area contributed by atoms with Gasteiger partial charge in [-0.25, -0.2) is 9.98 Å². The van der Waals surface area contributed by atoms with Gasteiger partial charge in [-0.1, -0.05) is 97.1 Å². The quantitative estimate of drug-likeness (QED) is 0.202. The Morgan fingerprint density at radius 2 is 1.16 bits per heavy atom. The van der Waals surface area contributed by atoms with Gasteiger partial charge in [-0.2, -0.15) is 0 Å². The minimum absolute atomic E-state index is 0.309. The molecule has 1 atom stereocenters. The Hall–Kier alpha value is -6.50. The smallest absolute Gasteiger partial charge is 0.159 e. The number of hydrogen-bond donors (Lipinski definition) is 1. The molecule has 1 aliphatic rings. The normalized spacial score (nSPS) is 14.9. The van der Waals surface area contributed by atoms with Crippen molar-refractivity contribution < 1.29 is 8.83 Å². The van der Waals surface area contributed by atoms with Crippen LogP contribution in [0.25, 0.3) is 75.2 Å². The van der Waals surface area contributed by atoms with Crippen molar-refractivity contribution in [1.29, 1.82) is 0 Å². The number of benzene rings is 7. The Morgan fingerprint density at radius 3 is 2.04 bits per heavy atom. The number of aliphatic imine (C=N–C) groups is 2. The number of hydrogen-bond acceptors (Lipinski definition) is 6. The number of para-hydroxylation sites is 1. The topological polar surface area (TPSA) is 63.0 Å². The summed E-state index contributed by atoms with van der Waals surface area (Å²) in [7, 11) is 0. The predicted octanol–water partition coefficient (Wildman–Crippen LogP) is 12.0. The number of nitrogens with one attached hydrogen (secondary N) is 1. The van der Waals surface area contributed by atoms with Crippen LogP contribution in [-0.2, 0) is 0 Å². The molecule has 1 N–H and O–H groups in total. The summed E-state index contributed by atoms with van der Waals surface area (Å²) in [5.41, 5.74) is 8.67. The fourth-order valence-electron chi connectivity index (χ4n) is 7.46. The molecule has 0 fully saturated rings. The zero-order chi connectivity index (χ0) is 33.5. The van der Waals surface area contributed by atoms with E-state index in [0.29, 0.717) is 5.84 Å². The van der Waals surface area contributed by atoms with Gasteiger partial charge in [0.15, 0.2) is 5.84 Å². The molecule has 0 aliphatic carbocycles. The Balaban J connectivity index is 1.01. The highest BCUT2D eigenvalue weighted by molar-refractivity contribution is 7.26. The number of rotatable bonds is 4. The van der Waals surface area contributed by atoms with E-state index in [1.54, 1.807) is 0 Å². The zero-order valence-corrected chi connectivity index (χ0v) is 27.9. The lowest BCUT2D eigenvalue weighted by molar-refractivity contribution is 0.667. The van der Waals surface area contributed by atoms with Gasteiger partial charge in [-0.15, -0.1) is 11.3 Å². The summed E-state index contributed by atoms with van der Waals surface area (Å²) in [6.45, 7) is 0.